The number of nitriles is 1. The van der Waals surface area contributed by atoms with Gasteiger partial charge in [0.2, 0.25) is 0 Å². The lowest BCUT2D eigenvalue weighted by Gasteiger charge is -2.36. The molecule has 0 bridgehead atoms. The van der Waals surface area contributed by atoms with Crippen molar-refractivity contribution >= 4 is 33.2 Å². The second-order valence-electron chi connectivity index (χ2n) is 8.25. The molecule has 0 radical (unpaired) electrons. The Kier molecular flexibility index (Phi) is 5.92. The number of anilines is 2. The summed E-state index contributed by atoms with van der Waals surface area (Å²) in [6.45, 7) is 5.42. The van der Waals surface area contributed by atoms with E-state index < -0.39 is 0 Å². The van der Waals surface area contributed by atoms with Gasteiger partial charge in [-0.1, -0.05) is 36.4 Å². The second-order valence-corrected chi connectivity index (χ2v) is 8.25. The Labute approximate surface area is 191 Å². The molecule has 0 amide bonds. The molecule has 7 heteroatoms. The highest BCUT2D eigenvalue weighted by molar-refractivity contribution is 5.93. The van der Waals surface area contributed by atoms with Crippen molar-refractivity contribution < 1.29 is 4.42 Å². The van der Waals surface area contributed by atoms with Crippen LogP contribution in [-0.2, 0) is 0 Å². The molecular weight excluding hydrogens is 414 g/mol. The second kappa shape index (κ2) is 9.31. The number of para-hydroxylation sites is 1. The van der Waals surface area contributed by atoms with E-state index in [9.17, 15) is 10.1 Å². The Morgan fingerprint density at radius 3 is 2.58 bits per heavy atom. The molecule has 2 aromatic carbocycles. The van der Waals surface area contributed by atoms with E-state index in [1.807, 2.05) is 48.5 Å². The third-order valence-electron chi connectivity index (χ3n) is 6.12. The number of aromatic nitrogens is 1. The molecular formula is C26H25N5O2. The topological polar surface area (TPSA) is 85.4 Å². The highest BCUT2D eigenvalue weighted by Gasteiger charge is 2.20. The minimum atomic E-state index is -0.339. The van der Waals surface area contributed by atoms with E-state index >= 15 is 0 Å². The molecule has 166 valence electrons. The zero-order valence-corrected chi connectivity index (χ0v) is 18.3. The summed E-state index contributed by atoms with van der Waals surface area (Å²) in [6, 6.07) is 21.2. The predicted octanol–water partition coefficient (Wildman–Crippen LogP) is 3.84. The van der Waals surface area contributed by atoms with Crippen LogP contribution in [0.2, 0.25) is 0 Å². The fourth-order valence-electron chi connectivity index (χ4n) is 4.45. The van der Waals surface area contributed by atoms with Crippen molar-refractivity contribution in [3.8, 4) is 6.07 Å². The molecule has 0 spiro atoms. The van der Waals surface area contributed by atoms with Crippen LogP contribution >= 0.6 is 0 Å². The summed E-state index contributed by atoms with van der Waals surface area (Å²) in [5, 5.41) is 15.8. The molecule has 1 saturated heterocycles. The smallest absolute Gasteiger partial charge is 0.338 e. The van der Waals surface area contributed by atoms with Gasteiger partial charge in [-0.15, -0.1) is 0 Å². The Bertz CT molecular complexity index is 1380. The van der Waals surface area contributed by atoms with E-state index in [4.69, 9.17) is 4.42 Å². The molecule has 0 aliphatic carbocycles. The average molecular weight is 440 g/mol. The average Bonchev–Trinajstić information content (AvgIpc) is 2.86. The molecule has 2 aromatic heterocycles. The monoisotopic (exact) mass is 439 g/mol. The summed E-state index contributed by atoms with van der Waals surface area (Å²) in [5.74, 6) is 0.903. The van der Waals surface area contributed by atoms with Crippen molar-refractivity contribution in [1.82, 2.24) is 9.88 Å². The quantitative estimate of drug-likeness (QED) is 0.361. The maximum atomic E-state index is 11.8. The number of nitrogens with zero attached hydrogens (tertiary/aromatic N) is 4. The number of fused-ring (bicyclic) bond motifs is 2. The largest absolute Gasteiger partial charge is 0.423 e. The van der Waals surface area contributed by atoms with Crippen molar-refractivity contribution in [2.45, 2.75) is 6.42 Å². The summed E-state index contributed by atoms with van der Waals surface area (Å²) in [6.07, 6.45) is 0.972. The molecule has 1 aliphatic rings. The number of hydrogen-bond donors (Lipinski definition) is 1. The van der Waals surface area contributed by atoms with Gasteiger partial charge in [-0.3, -0.25) is 4.90 Å². The highest BCUT2D eigenvalue weighted by Crippen LogP contribution is 2.26. The molecule has 33 heavy (non-hydrogen) atoms. The van der Waals surface area contributed by atoms with Gasteiger partial charge in [0.1, 0.15) is 23.2 Å². The van der Waals surface area contributed by atoms with E-state index in [1.165, 1.54) is 6.07 Å². The normalized spacial score (nSPS) is 14.5. The Balaban J connectivity index is 1.17. The van der Waals surface area contributed by atoms with Crippen molar-refractivity contribution in [1.29, 1.82) is 5.26 Å². The van der Waals surface area contributed by atoms with Gasteiger partial charge in [0.15, 0.2) is 0 Å². The minimum absolute atomic E-state index is 0.339. The van der Waals surface area contributed by atoms with Gasteiger partial charge in [-0.2, -0.15) is 5.26 Å². The lowest BCUT2D eigenvalue weighted by molar-refractivity contribution is 0.257. The highest BCUT2D eigenvalue weighted by atomic mass is 16.4. The maximum absolute atomic E-state index is 11.8. The molecule has 4 aromatic rings. The first-order valence-corrected chi connectivity index (χ1v) is 11.3. The molecule has 0 atom stereocenters. The summed E-state index contributed by atoms with van der Waals surface area (Å²) in [4.78, 5) is 21.2. The van der Waals surface area contributed by atoms with Gasteiger partial charge in [0.25, 0.3) is 0 Å². The SMILES string of the molecule is N#Cc1cc2ccccc2c(N2CCN(CCCNc3cc(=O)oc4ccccc34)CC2)n1. The molecule has 0 unspecified atom stereocenters. The first kappa shape index (κ1) is 21.0. The van der Waals surface area contributed by atoms with Crippen LogP contribution in [0.1, 0.15) is 12.1 Å². The van der Waals surface area contributed by atoms with Crippen molar-refractivity contribution in [3.63, 3.8) is 0 Å². The van der Waals surface area contributed by atoms with Gasteiger partial charge < -0.3 is 14.6 Å². The van der Waals surface area contributed by atoms with Gasteiger partial charge in [0.05, 0.1) is 5.69 Å². The van der Waals surface area contributed by atoms with E-state index in [0.29, 0.717) is 11.3 Å². The molecule has 1 aliphatic heterocycles. The minimum Gasteiger partial charge on any atom is -0.423 e. The lowest BCUT2D eigenvalue weighted by atomic mass is 10.1. The van der Waals surface area contributed by atoms with Crippen LogP contribution in [0.25, 0.3) is 21.7 Å². The van der Waals surface area contributed by atoms with Crippen LogP contribution in [0.4, 0.5) is 11.5 Å². The third kappa shape index (κ3) is 4.52. The van der Waals surface area contributed by atoms with Crippen LogP contribution in [0.5, 0.6) is 0 Å². The van der Waals surface area contributed by atoms with Crippen LogP contribution < -0.4 is 15.8 Å². The van der Waals surface area contributed by atoms with Gasteiger partial charge >= 0.3 is 5.63 Å². The summed E-state index contributed by atoms with van der Waals surface area (Å²) < 4.78 is 5.26. The van der Waals surface area contributed by atoms with E-state index in [2.05, 4.69) is 32.2 Å². The van der Waals surface area contributed by atoms with Crippen LogP contribution in [0.15, 0.2) is 69.9 Å². The summed E-state index contributed by atoms with van der Waals surface area (Å²) >= 11 is 0. The zero-order chi connectivity index (χ0) is 22.6. The number of nitrogens with one attached hydrogen (secondary N) is 1. The van der Waals surface area contributed by atoms with Gasteiger partial charge in [0, 0.05) is 49.6 Å². The molecule has 1 fully saturated rings. The molecule has 1 N–H and O–H groups in total. The number of rotatable bonds is 6. The lowest BCUT2D eigenvalue weighted by Crippen LogP contribution is -2.47. The Hall–Kier alpha value is -3.89. The van der Waals surface area contributed by atoms with Crippen molar-refractivity contribution in [3.05, 3.63) is 76.8 Å². The summed E-state index contributed by atoms with van der Waals surface area (Å²) in [5.41, 5.74) is 1.54. The first-order chi connectivity index (χ1) is 16.2. The Morgan fingerprint density at radius 2 is 1.76 bits per heavy atom. The zero-order valence-electron chi connectivity index (χ0n) is 18.3. The number of piperazine rings is 1. The Morgan fingerprint density at radius 1 is 1.00 bits per heavy atom. The maximum Gasteiger partial charge on any atom is 0.338 e. The van der Waals surface area contributed by atoms with Crippen LogP contribution in [-0.4, -0.2) is 49.2 Å². The molecule has 0 saturated carbocycles. The fourth-order valence-corrected chi connectivity index (χ4v) is 4.45. The number of pyridine rings is 1. The molecule has 3 heterocycles. The van der Waals surface area contributed by atoms with Crippen LogP contribution in [0, 0.1) is 11.3 Å². The summed E-state index contributed by atoms with van der Waals surface area (Å²) in [7, 11) is 0. The van der Waals surface area contributed by atoms with E-state index in [1.54, 1.807) is 0 Å². The van der Waals surface area contributed by atoms with E-state index in [0.717, 1.165) is 73.4 Å². The predicted molar refractivity (Wildman–Crippen MR) is 131 cm³/mol. The standard InChI is InChI=1S/C26H25N5O2/c27-18-20-16-19-6-1-2-7-21(19)26(29-20)31-14-12-30(13-15-31)11-5-10-28-23-17-25(32)33-24-9-4-3-8-22(23)24/h1-4,6-9,16-17,28H,5,10-15H2. The fraction of sp³-hybridized carbons (Fsp3) is 0.269. The first-order valence-electron chi connectivity index (χ1n) is 11.3. The number of hydrogen-bond acceptors (Lipinski definition) is 7. The van der Waals surface area contributed by atoms with Crippen molar-refractivity contribution in [2.24, 2.45) is 0 Å². The van der Waals surface area contributed by atoms with Gasteiger partial charge in [-0.05, 0) is 36.6 Å². The number of benzene rings is 2. The third-order valence-corrected chi connectivity index (χ3v) is 6.12. The van der Waals surface area contributed by atoms with E-state index in [-0.39, 0.29) is 5.63 Å². The molecule has 7 nitrogen and oxygen atoms in total. The van der Waals surface area contributed by atoms with Crippen molar-refractivity contribution in [2.75, 3.05) is 49.5 Å². The van der Waals surface area contributed by atoms with Gasteiger partial charge in [-0.25, -0.2) is 9.78 Å². The van der Waals surface area contributed by atoms with Crippen LogP contribution in [0.3, 0.4) is 0 Å². The molecule has 5 rings (SSSR count).